The summed E-state index contributed by atoms with van der Waals surface area (Å²) in [5, 5.41) is 3.40. The van der Waals surface area contributed by atoms with Crippen LogP contribution >= 0.6 is 0 Å². The molecule has 1 heterocycles. The molecule has 18 heavy (non-hydrogen) atoms. The van der Waals surface area contributed by atoms with Crippen LogP contribution in [0.5, 0.6) is 0 Å². The number of nitrogens with one attached hydrogen (secondary N) is 1. The first-order valence-electron chi connectivity index (χ1n) is 7.06. The van der Waals surface area contributed by atoms with Gasteiger partial charge in [0, 0.05) is 31.9 Å². The van der Waals surface area contributed by atoms with Crippen LogP contribution in [0.4, 0.5) is 5.69 Å². The van der Waals surface area contributed by atoms with Crippen molar-refractivity contribution in [2.45, 2.75) is 26.2 Å². The molecule has 0 spiro atoms. The van der Waals surface area contributed by atoms with Crippen LogP contribution in [0, 0.1) is 6.92 Å². The molecule has 1 saturated heterocycles. The molecule has 0 aliphatic carbocycles. The second kappa shape index (κ2) is 6.76. The van der Waals surface area contributed by atoms with E-state index in [2.05, 4.69) is 35.3 Å². The van der Waals surface area contributed by atoms with E-state index in [0.29, 0.717) is 0 Å². The highest BCUT2D eigenvalue weighted by molar-refractivity contribution is 5.51. The maximum absolute atomic E-state index is 5.55. The fourth-order valence-corrected chi connectivity index (χ4v) is 2.56. The Morgan fingerprint density at radius 2 is 1.94 bits per heavy atom. The van der Waals surface area contributed by atoms with Gasteiger partial charge in [0.15, 0.2) is 0 Å². The molecule has 100 valence electrons. The first-order chi connectivity index (χ1) is 8.79. The van der Waals surface area contributed by atoms with Crippen LogP contribution in [-0.2, 0) is 6.42 Å². The maximum Gasteiger partial charge on any atom is 0.0372 e. The van der Waals surface area contributed by atoms with Gasteiger partial charge >= 0.3 is 0 Å². The summed E-state index contributed by atoms with van der Waals surface area (Å²) in [5.41, 5.74) is 9.77. The lowest BCUT2D eigenvalue weighted by molar-refractivity contribution is 0.589. The molecule has 2 rings (SSSR count). The largest absolute Gasteiger partial charge is 0.369 e. The second-order valence-corrected chi connectivity index (χ2v) is 5.16. The third-order valence-corrected chi connectivity index (χ3v) is 3.52. The van der Waals surface area contributed by atoms with Crippen molar-refractivity contribution in [1.82, 2.24) is 5.32 Å². The van der Waals surface area contributed by atoms with Gasteiger partial charge in [0.1, 0.15) is 0 Å². The molecule has 0 radical (unpaired) electrons. The molecule has 0 aromatic heterocycles. The van der Waals surface area contributed by atoms with Crippen LogP contribution in [0.2, 0.25) is 0 Å². The van der Waals surface area contributed by atoms with Gasteiger partial charge in [-0.15, -0.1) is 0 Å². The number of nitrogens with zero attached hydrogens (tertiary/aromatic N) is 1. The van der Waals surface area contributed by atoms with Gasteiger partial charge in [-0.3, -0.25) is 0 Å². The lowest BCUT2D eigenvalue weighted by atomic mass is 10.0. The van der Waals surface area contributed by atoms with Gasteiger partial charge in [-0.2, -0.15) is 0 Å². The predicted octanol–water partition coefficient (Wildman–Crippen LogP) is 1.69. The Morgan fingerprint density at radius 3 is 2.67 bits per heavy atom. The first kappa shape index (κ1) is 13.4. The first-order valence-corrected chi connectivity index (χ1v) is 7.06. The van der Waals surface area contributed by atoms with Gasteiger partial charge in [-0.05, 0) is 56.0 Å². The van der Waals surface area contributed by atoms with E-state index in [1.807, 2.05) is 0 Å². The van der Waals surface area contributed by atoms with Crippen molar-refractivity contribution in [3.63, 3.8) is 0 Å². The molecule has 3 nitrogen and oxygen atoms in total. The minimum Gasteiger partial charge on any atom is -0.369 e. The Morgan fingerprint density at radius 1 is 1.17 bits per heavy atom. The number of hydrogen-bond donors (Lipinski definition) is 2. The molecular formula is C15H25N3. The van der Waals surface area contributed by atoms with E-state index < -0.39 is 0 Å². The van der Waals surface area contributed by atoms with Crippen molar-refractivity contribution < 1.29 is 0 Å². The van der Waals surface area contributed by atoms with Crippen LogP contribution < -0.4 is 16.0 Å². The molecular weight excluding hydrogens is 222 g/mol. The van der Waals surface area contributed by atoms with Gasteiger partial charge in [0.05, 0.1) is 0 Å². The minimum absolute atomic E-state index is 0.802. The van der Waals surface area contributed by atoms with E-state index in [4.69, 9.17) is 5.73 Å². The average Bonchev–Trinajstić information content (AvgIpc) is 2.39. The number of rotatable bonds is 5. The van der Waals surface area contributed by atoms with Crippen LogP contribution in [0.3, 0.4) is 0 Å². The van der Waals surface area contributed by atoms with Crippen LogP contribution in [0.15, 0.2) is 18.2 Å². The smallest absolute Gasteiger partial charge is 0.0372 e. The van der Waals surface area contributed by atoms with Crippen molar-refractivity contribution in [1.29, 1.82) is 0 Å². The molecule has 1 aromatic rings. The standard InChI is InChI=1S/C15H25N3/c1-13-10-14(4-2-3-5-16)12-15(11-13)18-8-6-17-7-9-18/h10-12,17H,2-9,16H2,1H3. The Hall–Kier alpha value is -1.06. The molecule has 0 unspecified atom stereocenters. The number of benzene rings is 1. The zero-order chi connectivity index (χ0) is 12.8. The molecule has 3 heteroatoms. The summed E-state index contributed by atoms with van der Waals surface area (Å²) in [5.74, 6) is 0. The summed E-state index contributed by atoms with van der Waals surface area (Å²) < 4.78 is 0. The Kier molecular flexibility index (Phi) is 5.02. The summed E-state index contributed by atoms with van der Waals surface area (Å²) in [6, 6.07) is 6.97. The van der Waals surface area contributed by atoms with Crippen molar-refractivity contribution in [2.24, 2.45) is 5.73 Å². The molecule has 3 N–H and O–H groups in total. The lowest BCUT2D eigenvalue weighted by Gasteiger charge is -2.30. The normalized spacial score (nSPS) is 16.0. The number of nitrogens with two attached hydrogens (primary N) is 1. The van der Waals surface area contributed by atoms with Gasteiger partial charge in [0.25, 0.3) is 0 Å². The summed E-state index contributed by atoms with van der Waals surface area (Å²) in [6.07, 6.45) is 3.47. The van der Waals surface area contributed by atoms with E-state index in [0.717, 1.165) is 45.6 Å². The Labute approximate surface area is 110 Å². The fourth-order valence-electron chi connectivity index (χ4n) is 2.56. The third-order valence-electron chi connectivity index (χ3n) is 3.52. The molecule has 1 fully saturated rings. The number of unbranched alkanes of at least 4 members (excludes halogenated alkanes) is 1. The van der Waals surface area contributed by atoms with Crippen LogP contribution in [0.25, 0.3) is 0 Å². The fraction of sp³-hybridized carbons (Fsp3) is 0.600. The summed E-state index contributed by atoms with van der Waals surface area (Å²) in [6.45, 7) is 7.42. The monoisotopic (exact) mass is 247 g/mol. The van der Waals surface area contributed by atoms with Crippen LogP contribution in [0.1, 0.15) is 24.0 Å². The molecule has 0 atom stereocenters. The summed E-state index contributed by atoms with van der Waals surface area (Å²) in [4.78, 5) is 2.48. The summed E-state index contributed by atoms with van der Waals surface area (Å²) >= 11 is 0. The van der Waals surface area contributed by atoms with E-state index in [1.54, 1.807) is 0 Å². The van der Waals surface area contributed by atoms with Gasteiger partial charge in [-0.25, -0.2) is 0 Å². The molecule has 0 saturated carbocycles. The highest BCUT2D eigenvalue weighted by atomic mass is 15.2. The van der Waals surface area contributed by atoms with Crippen molar-refractivity contribution in [3.05, 3.63) is 29.3 Å². The van der Waals surface area contributed by atoms with E-state index in [1.165, 1.54) is 23.2 Å². The highest BCUT2D eigenvalue weighted by Crippen LogP contribution is 2.20. The molecule has 1 aliphatic rings. The van der Waals surface area contributed by atoms with Gasteiger partial charge in [0.2, 0.25) is 0 Å². The Balaban J connectivity index is 2.05. The van der Waals surface area contributed by atoms with E-state index in [9.17, 15) is 0 Å². The SMILES string of the molecule is Cc1cc(CCCCN)cc(N2CCNCC2)c1. The van der Waals surface area contributed by atoms with Crippen molar-refractivity contribution in [2.75, 3.05) is 37.6 Å². The quantitative estimate of drug-likeness (QED) is 0.778. The van der Waals surface area contributed by atoms with Gasteiger partial charge in [-0.1, -0.05) is 6.07 Å². The number of aryl methyl sites for hydroxylation is 2. The second-order valence-electron chi connectivity index (χ2n) is 5.16. The topological polar surface area (TPSA) is 41.3 Å². The lowest BCUT2D eigenvalue weighted by Crippen LogP contribution is -2.43. The van der Waals surface area contributed by atoms with Crippen molar-refractivity contribution in [3.8, 4) is 0 Å². The zero-order valence-corrected chi connectivity index (χ0v) is 11.4. The van der Waals surface area contributed by atoms with E-state index in [-0.39, 0.29) is 0 Å². The zero-order valence-electron chi connectivity index (χ0n) is 11.4. The maximum atomic E-state index is 5.55. The average molecular weight is 247 g/mol. The number of hydrogen-bond acceptors (Lipinski definition) is 3. The highest BCUT2D eigenvalue weighted by Gasteiger charge is 2.11. The van der Waals surface area contributed by atoms with Gasteiger partial charge < -0.3 is 16.0 Å². The van der Waals surface area contributed by atoms with Crippen LogP contribution in [-0.4, -0.2) is 32.7 Å². The number of piperazine rings is 1. The molecule has 0 amide bonds. The number of anilines is 1. The Bertz CT molecular complexity index is 370. The molecule has 1 aromatic carbocycles. The molecule has 0 bridgehead atoms. The van der Waals surface area contributed by atoms with Crippen molar-refractivity contribution >= 4 is 5.69 Å². The predicted molar refractivity (Wildman–Crippen MR) is 78.3 cm³/mol. The van der Waals surface area contributed by atoms with E-state index >= 15 is 0 Å². The molecule has 1 aliphatic heterocycles. The minimum atomic E-state index is 0.802. The summed E-state index contributed by atoms with van der Waals surface area (Å²) in [7, 11) is 0. The third kappa shape index (κ3) is 3.72.